The van der Waals surface area contributed by atoms with Gasteiger partial charge in [-0.2, -0.15) is 0 Å². The number of methoxy groups -OCH3 is 1. The molecule has 0 radical (unpaired) electrons. The Morgan fingerprint density at radius 3 is 2.21 bits per heavy atom. The van der Waals surface area contributed by atoms with E-state index in [4.69, 9.17) is 18.6 Å². The van der Waals surface area contributed by atoms with Gasteiger partial charge in [-0.05, 0) is 18.2 Å². The summed E-state index contributed by atoms with van der Waals surface area (Å²) in [6, 6.07) is 4.97. The molecule has 0 aliphatic carbocycles. The average molecular weight is 595 g/mol. The second-order valence-electron chi connectivity index (χ2n) is 10.1. The third-order valence-electron chi connectivity index (χ3n) is 7.62. The molecule has 5 rings (SSSR count). The largest absolute Gasteiger partial charge is 0.507 e. The lowest BCUT2D eigenvalue weighted by Gasteiger charge is -2.41. The molecule has 0 bridgehead atoms. The molecular weight excluding hydrogens is 564 g/mol. The fourth-order valence-electron chi connectivity index (χ4n) is 5.31. The Hall–Kier alpha value is -3.51. The lowest BCUT2D eigenvalue weighted by Crippen LogP contribution is -2.55. The van der Waals surface area contributed by atoms with E-state index in [0.29, 0.717) is 0 Å². The number of phenolic OH excluding ortho intramolecular Hbond substituents is 3. The maximum absolute atomic E-state index is 13.5. The molecule has 0 amide bonds. The summed E-state index contributed by atoms with van der Waals surface area (Å²) < 4.78 is 22.1. The molecule has 15 nitrogen and oxygen atoms in total. The molecule has 228 valence electrons. The lowest BCUT2D eigenvalue weighted by atomic mass is 9.85. The number of aliphatic hydroxyl groups excluding tert-OH is 7. The standard InChI is InChI=1S/C27H30O15/c1-39-13-4-8(2-3-9(13)29)12-5-10(30)15-20(34)16(27-24(38)22(36)19(33)14(6-28)42-27)21(35)17(25(15)41-12)26-23(37)18(32)11(31)7-40-26/h2-5,11,14,18-19,22-24,26-29,31-38H,6-7H2,1H3. The fourth-order valence-corrected chi connectivity index (χ4v) is 5.31. The van der Waals surface area contributed by atoms with E-state index < -0.39 is 107 Å². The zero-order valence-electron chi connectivity index (χ0n) is 21.9. The number of fused-ring (bicyclic) bond motifs is 1. The van der Waals surface area contributed by atoms with Crippen molar-refractivity contribution in [3.05, 3.63) is 45.6 Å². The van der Waals surface area contributed by atoms with Gasteiger partial charge in [0.2, 0.25) is 0 Å². The van der Waals surface area contributed by atoms with Gasteiger partial charge in [-0.15, -0.1) is 0 Å². The van der Waals surface area contributed by atoms with Crippen molar-refractivity contribution in [1.29, 1.82) is 0 Å². The summed E-state index contributed by atoms with van der Waals surface area (Å²) in [6.45, 7) is -1.36. The van der Waals surface area contributed by atoms with Gasteiger partial charge in [0.25, 0.3) is 0 Å². The Labute approximate surface area is 236 Å². The quantitative estimate of drug-likeness (QED) is 0.157. The highest BCUT2D eigenvalue weighted by atomic mass is 16.5. The SMILES string of the molecule is COc1cc(-c2cc(=O)c3c(O)c(C4OC(CO)C(O)C(O)C4O)c(O)c(C4OCC(O)C(O)C4O)c3o2)ccc1O. The van der Waals surface area contributed by atoms with Gasteiger partial charge in [0.15, 0.2) is 22.5 Å². The minimum Gasteiger partial charge on any atom is -0.507 e. The Balaban J connectivity index is 1.80. The van der Waals surface area contributed by atoms with Gasteiger partial charge in [-0.25, -0.2) is 0 Å². The Morgan fingerprint density at radius 2 is 1.55 bits per heavy atom. The smallest absolute Gasteiger partial charge is 0.197 e. The average Bonchev–Trinajstić information content (AvgIpc) is 2.96. The summed E-state index contributed by atoms with van der Waals surface area (Å²) in [5.74, 6) is -2.22. The monoisotopic (exact) mass is 594 g/mol. The molecule has 2 aromatic carbocycles. The van der Waals surface area contributed by atoms with Crippen molar-refractivity contribution in [3.63, 3.8) is 0 Å². The number of ether oxygens (including phenoxy) is 3. The van der Waals surface area contributed by atoms with Crippen LogP contribution < -0.4 is 10.2 Å². The van der Waals surface area contributed by atoms with Crippen LogP contribution in [0.3, 0.4) is 0 Å². The van der Waals surface area contributed by atoms with Gasteiger partial charge in [-0.1, -0.05) is 0 Å². The van der Waals surface area contributed by atoms with Crippen LogP contribution in [-0.2, 0) is 9.47 Å². The molecule has 2 aliphatic rings. The molecule has 1 aromatic heterocycles. The maximum Gasteiger partial charge on any atom is 0.197 e. The summed E-state index contributed by atoms with van der Waals surface area (Å²) in [5.41, 5.74) is -2.35. The summed E-state index contributed by atoms with van der Waals surface area (Å²) >= 11 is 0. The molecule has 3 heterocycles. The van der Waals surface area contributed by atoms with E-state index in [0.717, 1.165) is 6.07 Å². The van der Waals surface area contributed by atoms with Crippen LogP contribution in [0, 0.1) is 0 Å². The zero-order chi connectivity index (χ0) is 30.6. The van der Waals surface area contributed by atoms with Crippen LogP contribution in [0.1, 0.15) is 23.3 Å². The van der Waals surface area contributed by atoms with Crippen molar-refractivity contribution >= 4 is 11.0 Å². The van der Waals surface area contributed by atoms with E-state index in [-0.39, 0.29) is 22.8 Å². The molecule has 10 N–H and O–H groups in total. The van der Waals surface area contributed by atoms with E-state index in [1.807, 2.05) is 0 Å². The molecule has 9 atom stereocenters. The number of phenols is 3. The van der Waals surface area contributed by atoms with E-state index in [2.05, 4.69) is 0 Å². The minimum absolute atomic E-state index is 0.0299. The first-order valence-corrected chi connectivity index (χ1v) is 12.8. The van der Waals surface area contributed by atoms with Crippen molar-refractivity contribution in [2.24, 2.45) is 0 Å². The predicted molar refractivity (Wildman–Crippen MR) is 139 cm³/mol. The highest BCUT2D eigenvalue weighted by Crippen LogP contribution is 2.50. The molecule has 42 heavy (non-hydrogen) atoms. The predicted octanol–water partition coefficient (Wildman–Crippen LogP) is -1.75. The first-order valence-electron chi connectivity index (χ1n) is 12.8. The molecule has 2 saturated heterocycles. The third-order valence-corrected chi connectivity index (χ3v) is 7.62. The van der Waals surface area contributed by atoms with Crippen molar-refractivity contribution in [3.8, 4) is 34.3 Å². The van der Waals surface area contributed by atoms with Gasteiger partial charge in [0.05, 0.1) is 31.5 Å². The van der Waals surface area contributed by atoms with Crippen molar-refractivity contribution in [2.75, 3.05) is 20.3 Å². The summed E-state index contributed by atoms with van der Waals surface area (Å²) in [6.07, 6.45) is -15.9. The second-order valence-corrected chi connectivity index (χ2v) is 10.1. The van der Waals surface area contributed by atoms with Gasteiger partial charge in [0, 0.05) is 11.6 Å². The van der Waals surface area contributed by atoms with Crippen molar-refractivity contribution < 1.29 is 69.7 Å². The van der Waals surface area contributed by atoms with Crippen LogP contribution in [0.5, 0.6) is 23.0 Å². The normalized spacial score (nSPS) is 31.8. The second kappa shape index (κ2) is 11.3. The van der Waals surface area contributed by atoms with Crippen LogP contribution in [0.15, 0.2) is 33.5 Å². The Kier molecular flexibility index (Phi) is 8.06. The van der Waals surface area contributed by atoms with E-state index in [1.165, 1.54) is 25.3 Å². The van der Waals surface area contributed by atoms with E-state index >= 15 is 0 Å². The van der Waals surface area contributed by atoms with Gasteiger partial charge in [-0.3, -0.25) is 4.79 Å². The van der Waals surface area contributed by atoms with Gasteiger partial charge < -0.3 is 69.7 Å². The van der Waals surface area contributed by atoms with Gasteiger partial charge in [0.1, 0.15) is 77.6 Å². The highest BCUT2D eigenvalue weighted by molar-refractivity contribution is 5.92. The fraction of sp³-hybridized carbons (Fsp3) is 0.444. The molecular formula is C27H30O15. The summed E-state index contributed by atoms with van der Waals surface area (Å²) in [7, 11) is 1.30. The molecule has 0 saturated carbocycles. The minimum atomic E-state index is -2.00. The van der Waals surface area contributed by atoms with Crippen LogP contribution in [0.4, 0.5) is 0 Å². The van der Waals surface area contributed by atoms with Crippen LogP contribution in [0.2, 0.25) is 0 Å². The summed E-state index contributed by atoms with van der Waals surface area (Å²) in [5, 5.41) is 104. The Morgan fingerprint density at radius 1 is 0.857 bits per heavy atom. The lowest BCUT2D eigenvalue weighted by molar-refractivity contribution is -0.232. The molecule has 9 unspecified atom stereocenters. The van der Waals surface area contributed by atoms with Crippen LogP contribution >= 0.6 is 0 Å². The van der Waals surface area contributed by atoms with Crippen LogP contribution in [-0.4, -0.2) is 114 Å². The number of aromatic hydroxyl groups is 3. The molecule has 2 fully saturated rings. The molecule has 2 aliphatic heterocycles. The van der Waals surface area contributed by atoms with Crippen molar-refractivity contribution in [2.45, 2.75) is 54.9 Å². The first kappa shape index (κ1) is 30.0. The Bertz CT molecular complexity index is 1530. The highest BCUT2D eigenvalue weighted by Gasteiger charge is 2.48. The summed E-state index contributed by atoms with van der Waals surface area (Å²) in [4.78, 5) is 13.5. The van der Waals surface area contributed by atoms with Crippen LogP contribution in [0.25, 0.3) is 22.3 Å². The zero-order valence-corrected chi connectivity index (χ0v) is 21.9. The number of aliphatic hydroxyl groups is 7. The van der Waals surface area contributed by atoms with E-state index in [1.54, 1.807) is 0 Å². The van der Waals surface area contributed by atoms with Gasteiger partial charge >= 0.3 is 0 Å². The first-order chi connectivity index (χ1) is 19.9. The third kappa shape index (κ3) is 4.74. The number of hydrogen-bond donors (Lipinski definition) is 10. The van der Waals surface area contributed by atoms with E-state index in [9.17, 15) is 55.9 Å². The topological polar surface area (TPSA) is 260 Å². The molecule has 15 heteroatoms. The number of hydrogen-bond acceptors (Lipinski definition) is 15. The molecule has 0 spiro atoms. The van der Waals surface area contributed by atoms with Crippen molar-refractivity contribution in [1.82, 2.24) is 0 Å². The number of rotatable bonds is 5. The maximum atomic E-state index is 13.5. The number of benzene rings is 2. The molecule has 3 aromatic rings.